The summed E-state index contributed by atoms with van der Waals surface area (Å²) in [6.07, 6.45) is 5.57. The van der Waals surface area contributed by atoms with Crippen LogP contribution < -0.4 is 16.5 Å². The van der Waals surface area contributed by atoms with Gasteiger partial charge in [0.1, 0.15) is 0 Å². The van der Waals surface area contributed by atoms with Crippen molar-refractivity contribution < 1.29 is 4.79 Å². The number of anilines is 1. The molecule has 26 heavy (non-hydrogen) atoms. The van der Waals surface area contributed by atoms with Gasteiger partial charge in [0.15, 0.2) is 5.82 Å². The number of aryl methyl sites for hydroxylation is 1. The lowest BCUT2D eigenvalue weighted by atomic mass is 9.96. The van der Waals surface area contributed by atoms with E-state index in [1.165, 1.54) is 11.1 Å². The predicted molar refractivity (Wildman–Crippen MR) is 102 cm³/mol. The summed E-state index contributed by atoms with van der Waals surface area (Å²) >= 11 is 0. The Bertz CT molecular complexity index is 754. The Morgan fingerprint density at radius 2 is 2.15 bits per heavy atom. The molecule has 1 amide bonds. The fourth-order valence-electron chi connectivity index (χ4n) is 3.36. The van der Waals surface area contributed by atoms with Crippen LogP contribution in [0.5, 0.6) is 0 Å². The highest BCUT2D eigenvalue weighted by Crippen LogP contribution is 2.33. The average molecular weight is 357 g/mol. The highest BCUT2D eigenvalue weighted by molar-refractivity contribution is 5.91. The third-order valence-electron chi connectivity index (χ3n) is 4.81. The molecule has 2 aliphatic rings. The number of nitrogens with one attached hydrogen (secondary N) is 2. The lowest BCUT2D eigenvalue weighted by Crippen LogP contribution is -2.42. The maximum Gasteiger partial charge on any atom is 0.228 e. The molecular weight excluding hydrogens is 330 g/mol. The van der Waals surface area contributed by atoms with E-state index in [1.807, 2.05) is 13.8 Å². The van der Waals surface area contributed by atoms with Crippen molar-refractivity contribution in [2.24, 2.45) is 16.8 Å². The van der Waals surface area contributed by atoms with Crippen LogP contribution in [-0.2, 0) is 11.2 Å². The van der Waals surface area contributed by atoms with E-state index in [1.54, 1.807) is 13.2 Å². The van der Waals surface area contributed by atoms with Crippen LogP contribution in [0.2, 0.25) is 0 Å². The quantitative estimate of drug-likeness (QED) is 0.428. The van der Waals surface area contributed by atoms with Gasteiger partial charge in [-0.25, -0.2) is 4.98 Å². The van der Waals surface area contributed by atoms with Crippen molar-refractivity contribution >= 4 is 23.3 Å². The third kappa shape index (κ3) is 3.79. The van der Waals surface area contributed by atoms with Gasteiger partial charge in [-0.1, -0.05) is 19.4 Å². The highest BCUT2D eigenvalue weighted by atomic mass is 16.1. The first kappa shape index (κ1) is 18.2. The minimum atomic E-state index is -0.0914. The molecular formula is C18H27N7O. The van der Waals surface area contributed by atoms with Crippen LogP contribution in [0.15, 0.2) is 16.9 Å². The zero-order valence-electron chi connectivity index (χ0n) is 15.7. The van der Waals surface area contributed by atoms with E-state index >= 15 is 0 Å². The van der Waals surface area contributed by atoms with Gasteiger partial charge in [-0.15, -0.1) is 5.10 Å². The van der Waals surface area contributed by atoms with Gasteiger partial charge in [0.25, 0.3) is 0 Å². The molecule has 0 atom stereocenters. The summed E-state index contributed by atoms with van der Waals surface area (Å²) in [4.78, 5) is 23.3. The molecule has 0 radical (unpaired) electrons. The standard InChI is InChI=1S/C18H27N7O/c1-11(2)17(26)23-15-9-21-16-13-10-25(18(19)24-20-3)8-7-12(13)5-4-6-14(16)22-15/h9,11,20H,4-8,10H2,1-3H3,(H2,19,24)(H,22,23,26). The number of hydrogen-bond acceptors (Lipinski definition) is 5. The minimum Gasteiger partial charge on any atom is -0.368 e. The molecule has 1 aliphatic carbocycles. The Hall–Kier alpha value is -2.64. The van der Waals surface area contributed by atoms with Crippen LogP contribution in [0.3, 0.4) is 0 Å². The third-order valence-corrected chi connectivity index (χ3v) is 4.81. The van der Waals surface area contributed by atoms with E-state index in [0.29, 0.717) is 18.3 Å². The van der Waals surface area contributed by atoms with Gasteiger partial charge in [0.05, 0.1) is 17.6 Å². The Labute approximate surface area is 154 Å². The highest BCUT2D eigenvalue weighted by Gasteiger charge is 2.26. The summed E-state index contributed by atoms with van der Waals surface area (Å²) in [5, 5.41) is 6.93. The van der Waals surface area contributed by atoms with Crippen LogP contribution in [0, 0.1) is 5.92 Å². The normalized spacial score (nSPS) is 17.5. The molecule has 2 heterocycles. The van der Waals surface area contributed by atoms with E-state index in [9.17, 15) is 4.79 Å². The Kier molecular flexibility index (Phi) is 5.39. The summed E-state index contributed by atoms with van der Waals surface area (Å²) in [5.74, 6) is 0.868. The second-order valence-corrected chi connectivity index (χ2v) is 7.00. The van der Waals surface area contributed by atoms with E-state index in [4.69, 9.17) is 5.73 Å². The van der Waals surface area contributed by atoms with Gasteiger partial charge in [-0.2, -0.15) is 0 Å². The number of rotatable bonds is 3. The first-order valence-corrected chi connectivity index (χ1v) is 9.12. The van der Waals surface area contributed by atoms with Gasteiger partial charge in [-0.3, -0.25) is 9.78 Å². The summed E-state index contributed by atoms with van der Waals surface area (Å²) < 4.78 is 0. The maximum absolute atomic E-state index is 11.9. The van der Waals surface area contributed by atoms with Crippen LogP contribution in [0.1, 0.15) is 44.5 Å². The number of carbonyl (C=O) groups excluding carboxylic acids is 1. The number of nitrogens with two attached hydrogens (primary N) is 1. The Morgan fingerprint density at radius 1 is 1.35 bits per heavy atom. The molecule has 140 valence electrons. The molecule has 0 bridgehead atoms. The van der Waals surface area contributed by atoms with E-state index in [2.05, 4.69) is 30.7 Å². The molecule has 1 aromatic heterocycles. The number of carbonyl (C=O) groups is 1. The van der Waals surface area contributed by atoms with Gasteiger partial charge < -0.3 is 21.4 Å². The molecule has 8 heteroatoms. The van der Waals surface area contributed by atoms with Gasteiger partial charge in [0.2, 0.25) is 11.9 Å². The number of guanidine groups is 1. The topological polar surface area (TPSA) is 109 Å². The molecule has 0 aromatic carbocycles. The maximum atomic E-state index is 11.9. The molecule has 0 fully saturated rings. The molecule has 4 N–H and O–H groups in total. The molecule has 1 aliphatic heterocycles. The number of hydrazone groups is 1. The number of fused-ring (bicyclic) bond motifs is 2. The van der Waals surface area contributed by atoms with E-state index in [-0.39, 0.29) is 11.8 Å². The second-order valence-electron chi connectivity index (χ2n) is 7.00. The summed E-state index contributed by atoms with van der Waals surface area (Å²) in [6, 6.07) is 0. The number of nitrogens with zero attached hydrogens (tertiary/aromatic N) is 4. The predicted octanol–water partition coefficient (Wildman–Crippen LogP) is 1.32. The Morgan fingerprint density at radius 3 is 2.88 bits per heavy atom. The summed E-state index contributed by atoms with van der Waals surface area (Å²) in [7, 11) is 1.74. The monoisotopic (exact) mass is 357 g/mol. The zero-order valence-corrected chi connectivity index (χ0v) is 15.7. The first-order valence-electron chi connectivity index (χ1n) is 9.12. The first-order chi connectivity index (χ1) is 12.5. The largest absolute Gasteiger partial charge is 0.368 e. The number of amides is 1. The van der Waals surface area contributed by atoms with Crippen molar-refractivity contribution in [1.29, 1.82) is 0 Å². The van der Waals surface area contributed by atoms with E-state index < -0.39 is 0 Å². The van der Waals surface area contributed by atoms with Crippen LogP contribution in [0.25, 0.3) is 5.57 Å². The van der Waals surface area contributed by atoms with Gasteiger partial charge >= 0.3 is 0 Å². The van der Waals surface area contributed by atoms with Gasteiger partial charge in [0, 0.05) is 26.1 Å². The lowest BCUT2D eigenvalue weighted by Gasteiger charge is -2.31. The van der Waals surface area contributed by atoms with Gasteiger partial charge in [-0.05, 0) is 31.3 Å². The number of hydrogen-bond donors (Lipinski definition) is 3. The van der Waals surface area contributed by atoms with Crippen molar-refractivity contribution in [3.63, 3.8) is 0 Å². The zero-order chi connectivity index (χ0) is 18.7. The van der Waals surface area contributed by atoms with Crippen LogP contribution in [-0.4, -0.2) is 46.9 Å². The molecule has 3 rings (SSSR count). The van der Waals surface area contributed by atoms with Crippen molar-refractivity contribution in [3.05, 3.63) is 23.2 Å². The fourth-order valence-corrected chi connectivity index (χ4v) is 3.36. The van der Waals surface area contributed by atoms with Crippen molar-refractivity contribution in [1.82, 2.24) is 20.3 Å². The SMILES string of the molecule is CN/N=C(\N)N1CCC2=C(C1)c1ncc(NC(=O)C(C)C)nc1CCC2. The van der Waals surface area contributed by atoms with Crippen LogP contribution >= 0.6 is 0 Å². The van der Waals surface area contributed by atoms with Crippen LogP contribution in [0.4, 0.5) is 5.82 Å². The molecule has 0 unspecified atom stereocenters. The molecule has 0 saturated heterocycles. The summed E-state index contributed by atoms with van der Waals surface area (Å²) in [5.41, 5.74) is 13.3. The Balaban J connectivity index is 1.89. The average Bonchev–Trinajstić information content (AvgIpc) is 2.80. The number of aromatic nitrogens is 2. The lowest BCUT2D eigenvalue weighted by molar-refractivity contribution is -0.118. The fraction of sp³-hybridized carbons (Fsp3) is 0.556. The van der Waals surface area contributed by atoms with Crippen molar-refractivity contribution in [2.75, 3.05) is 25.5 Å². The second kappa shape index (κ2) is 7.72. The molecule has 0 spiro atoms. The smallest absolute Gasteiger partial charge is 0.228 e. The van der Waals surface area contributed by atoms with Crippen molar-refractivity contribution in [2.45, 2.75) is 39.5 Å². The molecule has 1 aromatic rings. The molecule has 0 saturated carbocycles. The van der Waals surface area contributed by atoms with Crippen molar-refractivity contribution in [3.8, 4) is 0 Å². The summed E-state index contributed by atoms with van der Waals surface area (Å²) in [6.45, 7) is 5.26. The van der Waals surface area contributed by atoms with E-state index in [0.717, 1.165) is 43.6 Å². The molecule has 8 nitrogen and oxygen atoms in total. The minimum absolute atomic E-state index is 0.0485.